The van der Waals surface area contributed by atoms with Gasteiger partial charge in [-0.3, -0.25) is 9.48 Å². The Balaban J connectivity index is 1.69. The van der Waals surface area contributed by atoms with Crippen LogP contribution in [0.4, 0.5) is 5.82 Å². The molecule has 1 aromatic heterocycles. The van der Waals surface area contributed by atoms with E-state index in [0.29, 0.717) is 5.75 Å². The van der Waals surface area contributed by atoms with Crippen molar-refractivity contribution in [1.29, 1.82) is 0 Å². The molecule has 1 atom stereocenters. The Morgan fingerprint density at radius 2 is 1.96 bits per heavy atom. The van der Waals surface area contributed by atoms with Gasteiger partial charge in [0.15, 0.2) is 11.5 Å². The molecule has 3 aromatic rings. The number of nitrogens with one attached hydrogen (secondary N) is 1. The summed E-state index contributed by atoms with van der Waals surface area (Å²) in [6, 6.07) is 16.0. The van der Waals surface area contributed by atoms with Crippen LogP contribution in [0, 0.1) is 0 Å². The molecular formula is C20H17N3O3S. The van der Waals surface area contributed by atoms with Crippen molar-refractivity contribution in [3.8, 4) is 22.8 Å². The molecule has 2 aliphatic rings. The third-order valence-corrected chi connectivity index (χ3v) is 6.00. The highest BCUT2D eigenvalue weighted by atomic mass is 32.2. The first-order valence-corrected chi connectivity index (χ1v) is 9.69. The second kappa shape index (κ2) is 6.35. The van der Waals surface area contributed by atoms with Crippen LogP contribution in [-0.4, -0.2) is 28.2 Å². The lowest BCUT2D eigenvalue weighted by Gasteiger charge is -2.16. The van der Waals surface area contributed by atoms with Crippen molar-refractivity contribution in [3.05, 3.63) is 59.7 Å². The van der Waals surface area contributed by atoms with Crippen LogP contribution >= 0.6 is 11.8 Å². The molecule has 5 rings (SSSR count). The number of nitrogens with zero attached hydrogens (tertiary/aromatic N) is 2. The van der Waals surface area contributed by atoms with Crippen molar-refractivity contribution in [1.82, 2.24) is 9.78 Å². The SMILES string of the molecule is Cn1nc(-c2ccccc2)c2c1NC(=O)CSC2c1ccc2c(c1)OCO2. The quantitative estimate of drug-likeness (QED) is 0.737. The zero-order chi connectivity index (χ0) is 18.4. The minimum Gasteiger partial charge on any atom is -0.454 e. The molecule has 2 aromatic carbocycles. The van der Waals surface area contributed by atoms with Crippen LogP contribution in [0.2, 0.25) is 0 Å². The zero-order valence-electron chi connectivity index (χ0n) is 14.6. The average molecular weight is 379 g/mol. The molecule has 0 saturated carbocycles. The summed E-state index contributed by atoms with van der Waals surface area (Å²) < 4.78 is 12.7. The Labute approximate surface area is 160 Å². The summed E-state index contributed by atoms with van der Waals surface area (Å²) in [6.07, 6.45) is 0. The summed E-state index contributed by atoms with van der Waals surface area (Å²) in [6.45, 7) is 0.240. The zero-order valence-corrected chi connectivity index (χ0v) is 15.5. The van der Waals surface area contributed by atoms with Crippen molar-refractivity contribution in [2.75, 3.05) is 17.9 Å². The molecule has 1 N–H and O–H groups in total. The largest absolute Gasteiger partial charge is 0.454 e. The molecule has 27 heavy (non-hydrogen) atoms. The minimum absolute atomic E-state index is 0.0212. The Morgan fingerprint density at radius 1 is 1.15 bits per heavy atom. The maximum absolute atomic E-state index is 12.3. The maximum Gasteiger partial charge on any atom is 0.235 e. The van der Waals surface area contributed by atoms with Crippen LogP contribution in [0.3, 0.4) is 0 Å². The molecule has 0 radical (unpaired) electrons. The number of hydrogen-bond acceptors (Lipinski definition) is 5. The van der Waals surface area contributed by atoms with Crippen LogP contribution in [0.25, 0.3) is 11.3 Å². The second-order valence-corrected chi connectivity index (χ2v) is 7.55. The van der Waals surface area contributed by atoms with E-state index in [4.69, 9.17) is 14.6 Å². The van der Waals surface area contributed by atoms with Crippen molar-refractivity contribution in [3.63, 3.8) is 0 Å². The van der Waals surface area contributed by atoms with Crippen molar-refractivity contribution in [2.45, 2.75) is 5.25 Å². The summed E-state index contributed by atoms with van der Waals surface area (Å²) >= 11 is 1.59. The molecule has 1 unspecified atom stereocenters. The molecule has 136 valence electrons. The number of aryl methyl sites for hydroxylation is 1. The smallest absolute Gasteiger partial charge is 0.235 e. The molecule has 7 heteroatoms. The topological polar surface area (TPSA) is 65.4 Å². The molecule has 0 saturated heterocycles. The molecule has 0 fully saturated rings. The van der Waals surface area contributed by atoms with E-state index < -0.39 is 0 Å². The summed E-state index contributed by atoms with van der Waals surface area (Å²) in [5, 5.41) is 7.69. The molecule has 0 aliphatic carbocycles. The van der Waals surface area contributed by atoms with Crippen molar-refractivity contribution in [2.24, 2.45) is 7.05 Å². The van der Waals surface area contributed by atoms with E-state index in [0.717, 1.165) is 39.7 Å². The van der Waals surface area contributed by atoms with Crippen molar-refractivity contribution < 1.29 is 14.3 Å². The number of hydrogen-bond donors (Lipinski definition) is 1. The third kappa shape index (κ3) is 2.75. The number of benzene rings is 2. The Morgan fingerprint density at radius 3 is 2.81 bits per heavy atom. The van der Waals surface area contributed by atoms with E-state index in [-0.39, 0.29) is 18.0 Å². The number of anilines is 1. The first-order valence-electron chi connectivity index (χ1n) is 8.64. The fourth-order valence-electron chi connectivity index (χ4n) is 3.50. The van der Waals surface area contributed by atoms with E-state index >= 15 is 0 Å². The van der Waals surface area contributed by atoms with Gasteiger partial charge in [0.2, 0.25) is 12.7 Å². The normalized spacial score (nSPS) is 18.0. The number of fused-ring (bicyclic) bond motifs is 2. The number of amides is 1. The maximum atomic E-state index is 12.3. The van der Waals surface area contributed by atoms with Crippen LogP contribution < -0.4 is 14.8 Å². The van der Waals surface area contributed by atoms with E-state index in [1.807, 2.05) is 55.6 Å². The second-order valence-electron chi connectivity index (χ2n) is 6.45. The molecule has 1 amide bonds. The number of aromatic nitrogens is 2. The van der Waals surface area contributed by atoms with Gasteiger partial charge in [-0.15, -0.1) is 11.8 Å². The number of thioether (sulfide) groups is 1. The average Bonchev–Trinajstić information content (AvgIpc) is 3.23. The highest BCUT2D eigenvalue weighted by molar-refractivity contribution is 8.00. The number of rotatable bonds is 2. The Kier molecular flexibility index (Phi) is 3.82. The van der Waals surface area contributed by atoms with E-state index in [9.17, 15) is 4.79 Å². The van der Waals surface area contributed by atoms with Gasteiger partial charge in [-0.2, -0.15) is 5.10 Å². The predicted molar refractivity (Wildman–Crippen MR) is 104 cm³/mol. The van der Waals surface area contributed by atoms with Gasteiger partial charge in [0, 0.05) is 18.2 Å². The van der Waals surface area contributed by atoms with Crippen LogP contribution in [0.15, 0.2) is 48.5 Å². The number of carbonyl (C=O) groups excluding carboxylic acids is 1. The van der Waals surface area contributed by atoms with Gasteiger partial charge in [-0.25, -0.2) is 0 Å². The van der Waals surface area contributed by atoms with Gasteiger partial charge in [-0.1, -0.05) is 36.4 Å². The summed E-state index contributed by atoms with van der Waals surface area (Å²) in [7, 11) is 1.86. The van der Waals surface area contributed by atoms with Crippen LogP contribution in [0.1, 0.15) is 16.4 Å². The summed E-state index contributed by atoms with van der Waals surface area (Å²) in [5.74, 6) is 2.59. The minimum atomic E-state index is -0.0441. The first kappa shape index (κ1) is 16.3. The lowest BCUT2D eigenvalue weighted by Crippen LogP contribution is -2.15. The summed E-state index contributed by atoms with van der Waals surface area (Å²) in [5.41, 5.74) is 3.98. The van der Waals surface area contributed by atoms with Crippen molar-refractivity contribution >= 4 is 23.5 Å². The molecule has 0 bridgehead atoms. The predicted octanol–water partition coefficient (Wildman–Crippen LogP) is 3.59. The number of carbonyl (C=O) groups is 1. The molecule has 6 nitrogen and oxygen atoms in total. The van der Waals surface area contributed by atoms with Gasteiger partial charge >= 0.3 is 0 Å². The highest BCUT2D eigenvalue weighted by Crippen LogP contribution is 2.47. The van der Waals surface area contributed by atoms with Gasteiger partial charge in [-0.05, 0) is 17.7 Å². The third-order valence-electron chi connectivity index (χ3n) is 4.73. The fraction of sp³-hybridized carbons (Fsp3) is 0.200. The van der Waals surface area contributed by atoms with E-state index in [2.05, 4.69) is 5.32 Å². The van der Waals surface area contributed by atoms with E-state index in [1.54, 1.807) is 16.4 Å². The van der Waals surface area contributed by atoms with Crippen LogP contribution in [-0.2, 0) is 11.8 Å². The first-order chi connectivity index (χ1) is 13.2. The Bertz CT molecular complexity index is 1030. The van der Waals surface area contributed by atoms with Gasteiger partial charge in [0.1, 0.15) is 5.82 Å². The molecule has 2 aliphatic heterocycles. The van der Waals surface area contributed by atoms with Gasteiger partial charge in [0.05, 0.1) is 16.7 Å². The fourth-order valence-corrected chi connectivity index (χ4v) is 4.61. The van der Waals surface area contributed by atoms with Gasteiger partial charge < -0.3 is 14.8 Å². The number of ether oxygens (including phenoxy) is 2. The summed E-state index contributed by atoms with van der Waals surface area (Å²) in [4.78, 5) is 12.3. The van der Waals surface area contributed by atoms with Gasteiger partial charge in [0.25, 0.3) is 0 Å². The lowest BCUT2D eigenvalue weighted by atomic mass is 9.99. The molecular weight excluding hydrogens is 362 g/mol. The monoisotopic (exact) mass is 379 g/mol. The Hall–Kier alpha value is -2.93. The molecule has 0 spiro atoms. The lowest BCUT2D eigenvalue weighted by molar-refractivity contribution is -0.113. The molecule has 3 heterocycles. The highest BCUT2D eigenvalue weighted by Gasteiger charge is 2.32. The standard InChI is InChI=1S/C20H17N3O3S/c1-23-20-17(18(22-23)12-5-3-2-4-6-12)19(27-10-16(24)21-20)13-7-8-14-15(9-13)26-11-25-14/h2-9,19H,10-11H2,1H3,(H,21,24). The van der Waals surface area contributed by atoms with E-state index in [1.165, 1.54) is 0 Å². The van der Waals surface area contributed by atoms with Crippen LogP contribution in [0.5, 0.6) is 11.5 Å².